The van der Waals surface area contributed by atoms with Crippen LogP contribution in [0.5, 0.6) is 0 Å². The molecule has 1 saturated heterocycles. The Bertz CT molecular complexity index is 1230. The van der Waals surface area contributed by atoms with Crippen LogP contribution in [-0.2, 0) is 14.8 Å². The van der Waals surface area contributed by atoms with Crippen LogP contribution >= 0.6 is 11.6 Å². The van der Waals surface area contributed by atoms with Crippen LogP contribution in [0.15, 0.2) is 59.6 Å². The molecule has 10 heteroatoms. The Labute approximate surface area is 184 Å². The number of rotatable bonds is 5. The highest BCUT2D eigenvalue weighted by Crippen LogP contribution is 2.24. The summed E-state index contributed by atoms with van der Waals surface area (Å²) in [5, 5.41) is 3.53. The molecular weight excluding hydrogens is 443 g/mol. The molecule has 1 aromatic heterocycles. The maximum atomic E-state index is 13.4. The van der Waals surface area contributed by atoms with E-state index in [1.165, 1.54) is 10.4 Å². The number of pyridine rings is 1. The number of fused-ring (bicyclic) bond motifs is 1. The van der Waals surface area contributed by atoms with Crippen LogP contribution in [0.1, 0.15) is 0 Å². The average molecular weight is 463 g/mol. The van der Waals surface area contributed by atoms with Crippen molar-refractivity contribution in [1.82, 2.24) is 14.2 Å². The van der Waals surface area contributed by atoms with Crippen LogP contribution in [0.3, 0.4) is 0 Å². The zero-order valence-corrected chi connectivity index (χ0v) is 18.0. The average Bonchev–Trinajstić information content (AvgIpc) is 2.76. The molecule has 3 aromatic rings. The van der Waals surface area contributed by atoms with Gasteiger partial charge in [-0.1, -0.05) is 17.7 Å². The molecule has 31 heavy (non-hydrogen) atoms. The molecular formula is C21H20ClFN4O3S. The fraction of sp³-hybridized carbons (Fsp3) is 0.238. The molecule has 0 unspecified atom stereocenters. The number of piperazine rings is 1. The Balaban J connectivity index is 1.36. The van der Waals surface area contributed by atoms with E-state index in [9.17, 15) is 17.6 Å². The van der Waals surface area contributed by atoms with Crippen LogP contribution in [-0.4, -0.2) is 61.2 Å². The summed E-state index contributed by atoms with van der Waals surface area (Å²) in [6, 6.07) is 12.6. The summed E-state index contributed by atoms with van der Waals surface area (Å²) in [4.78, 5) is 18.7. The number of nitrogens with one attached hydrogen (secondary N) is 1. The van der Waals surface area contributed by atoms with Gasteiger partial charge in [-0.15, -0.1) is 0 Å². The molecule has 0 bridgehead atoms. The van der Waals surface area contributed by atoms with Crippen LogP contribution in [0.4, 0.5) is 10.1 Å². The van der Waals surface area contributed by atoms with Crippen molar-refractivity contribution in [2.75, 3.05) is 38.0 Å². The van der Waals surface area contributed by atoms with E-state index in [1.807, 2.05) is 35.2 Å². The quantitative estimate of drug-likeness (QED) is 0.630. The van der Waals surface area contributed by atoms with Gasteiger partial charge in [0.25, 0.3) is 0 Å². The van der Waals surface area contributed by atoms with Gasteiger partial charge >= 0.3 is 0 Å². The third kappa shape index (κ3) is 4.69. The van der Waals surface area contributed by atoms with Crippen LogP contribution in [0.25, 0.3) is 10.9 Å². The predicted octanol–water partition coefficient (Wildman–Crippen LogP) is 2.97. The number of hydrogen-bond acceptors (Lipinski definition) is 5. The highest BCUT2D eigenvalue weighted by molar-refractivity contribution is 7.89. The SMILES string of the molecule is O=C(CN1CCN(S(=O)(=O)c2ccc(F)c(Cl)c2)CC1)Nc1cccc2ncccc12. The molecule has 0 saturated carbocycles. The van der Waals surface area contributed by atoms with Crippen molar-refractivity contribution < 1.29 is 17.6 Å². The number of aromatic nitrogens is 1. The molecule has 162 valence electrons. The summed E-state index contributed by atoms with van der Waals surface area (Å²) in [5.41, 5.74) is 1.48. The third-order valence-electron chi connectivity index (χ3n) is 5.15. The van der Waals surface area contributed by atoms with Crippen molar-refractivity contribution >= 4 is 44.1 Å². The van der Waals surface area contributed by atoms with E-state index in [4.69, 9.17) is 11.6 Å². The molecule has 1 aliphatic rings. The first kappa shape index (κ1) is 21.6. The molecule has 4 rings (SSSR count). The van der Waals surface area contributed by atoms with Gasteiger partial charge < -0.3 is 5.32 Å². The Kier molecular flexibility index (Phi) is 6.19. The number of anilines is 1. The van der Waals surface area contributed by atoms with E-state index >= 15 is 0 Å². The van der Waals surface area contributed by atoms with Gasteiger partial charge in [-0.2, -0.15) is 4.31 Å². The molecule has 1 amide bonds. The summed E-state index contributed by atoms with van der Waals surface area (Å²) in [7, 11) is -3.78. The molecule has 1 N–H and O–H groups in total. The fourth-order valence-corrected chi connectivity index (χ4v) is 5.21. The molecule has 1 aliphatic heterocycles. The summed E-state index contributed by atoms with van der Waals surface area (Å²) in [6.07, 6.45) is 1.70. The van der Waals surface area contributed by atoms with Gasteiger partial charge in [-0.3, -0.25) is 14.7 Å². The lowest BCUT2D eigenvalue weighted by molar-refractivity contribution is -0.117. The minimum Gasteiger partial charge on any atom is -0.324 e. The molecule has 2 aromatic carbocycles. The van der Waals surface area contributed by atoms with Gasteiger partial charge in [0.1, 0.15) is 5.82 Å². The minimum atomic E-state index is -3.78. The lowest BCUT2D eigenvalue weighted by atomic mass is 10.2. The standard InChI is InChI=1S/C21H20ClFN4O3S/c22-17-13-15(6-7-18(17)23)31(29,30)27-11-9-26(10-12-27)14-21(28)25-20-5-1-4-19-16(20)3-2-8-24-19/h1-8,13H,9-12,14H2,(H,25,28). The molecule has 0 aliphatic carbocycles. The minimum absolute atomic E-state index is 0.0466. The molecule has 1 fully saturated rings. The van der Waals surface area contributed by atoms with Gasteiger partial charge in [0.05, 0.1) is 27.7 Å². The fourth-order valence-electron chi connectivity index (χ4n) is 3.52. The number of halogens is 2. The van der Waals surface area contributed by atoms with E-state index in [2.05, 4.69) is 10.3 Å². The highest BCUT2D eigenvalue weighted by atomic mass is 35.5. The van der Waals surface area contributed by atoms with E-state index in [0.717, 1.165) is 23.0 Å². The molecule has 0 spiro atoms. The van der Waals surface area contributed by atoms with Crippen molar-refractivity contribution in [2.45, 2.75) is 4.90 Å². The van der Waals surface area contributed by atoms with Gasteiger partial charge in [0.15, 0.2) is 0 Å². The maximum absolute atomic E-state index is 13.4. The smallest absolute Gasteiger partial charge is 0.243 e. The largest absolute Gasteiger partial charge is 0.324 e. The molecule has 0 atom stereocenters. The Morgan fingerprint density at radius 2 is 1.87 bits per heavy atom. The van der Waals surface area contributed by atoms with Crippen LogP contribution in [0.2, 0.25) is 5.02 Å². The second-order valence-electron chi connectivity index (χ2n) is 7.18. The monoisotopic (exact) mass is 462 g/mol. The number of benzene rings is 2. The Morgan fingerprint density at radius 3 is 2.61 bits per heavy atom. The lowest BCUT2D eigenvalue weighted by Gasteiger charge is -2.33. The first-order valence-electron chi connectivity index (χ1n) is 9.66. The molecule has 2 heterocycles. The van der Waals surface area contributed by atoms with Gasteiger partial charge in [-0.25, -0.2) is 12.8 Å². The van der Waals surface area contributed by atoms with E-state index in [1.54, 1.807) is 6.20 Å². The number of amides is 1. The first-order valence-corrected chi connectivity index (χ1v) is 11.5. The molecule has 0 radical (unpaired) electrons. The van der Waals surface area contributed by atoms with Gasteiger partial charge in [-0.05, 0) is 42.5 Å². The predicted molar refractivity (Wildman–Crippen MR) is 117 cm³/mol. The second-order valence-corrected chi connectivity index (χ2v) is 9.53. The van der Waals surface area contributed by atoms with Crippen molar-refractivity contribution in [3.8, 4) is 0 Å². The van der Waals surface area contributed by atoms with Crippen molar-refractivity contribution in [1.29, 1.82) is 0 Å². The normalized spacial score (nSPS) is 15.8. The summed E-state index contributed by atoms with van der Waals surface area (Å²) >= 11 is 5.73. The van der Waals surface area contributed by atoms with E-state index in [-0.39, 0.29) is 35.5 Å². The van der Waals surface area contributed by atoms with Crippen molar-refractivity contribution in [2.24, 2.45) is 0 Å². The zero-order valence-electron chi connectivity index (χ0n) is 16.5. The number of carbonyl (C=O) groups is 1. The number of hydrogen-bond donors (Lipinski definition) is 1. The Hall–Kier alpha value is -2.59. The summed E-state index contributed by atoms with van der Waals surface area (Å²) in [5.74, 6) is -0.851. The van der Waals surface area contributed by atoms with Gasteiger partial charge in [0.2, 0.25) is 15.9 Å². The van der Waals surface area contributed by atoms with Crippen molar-refractivity contribution in [3.63, 3.8) is 0 Å². The summed E-state index contributed by atoms with van der Waals surface area (Å²) in [6.45, 7) is 1.40. The van der Waals surface area contributed by atoms with E-state index < -0.39 is 15.8 Å². The molecule has 7 nitrogen and oxygen atoms in total. The number of sulfonamides is 1. The van der Waals surface area contributed by atoms with Crippen molar-refractivity contribution in [3.05, 3.63) is 65.6 Å². The lowest BCUT2D eigenvalue weighted by Crippen LogP contribution is -2.50. The topological polar surface area (TPSA) is 82.6 Å². The Morgan fingerprint density at radius 1 is 1.10 bits per heavy atom. The number of carbonyl (C=O) groups excluding carboxylic acids is 1. The maximum Gasteiger partial charge on any atom is 0.243 e. The number of nitrogens with zero attached hydrogens (tertiary/aromatic N) is 3. The van der Waals surface area contributed by atoms with E-state index in [0.29, 0.717) is 18.8 Å². The van der Waals surface area contributed by atoms with Crippen LogP contribution < -0.4 is 5.32 Å². The third-order valence-corrected chi connectivity index (χ3v) is 7.33. The van der Waals surface area contributed by atoms with Crippen LogP contribution in [0, 0.1) is 5.82 Å². The second kappa shape index (κ2) is 8.88. The summed E-state index contributed by atoms with van der Waals surface area (Å²) < 4.78 is 40.2. The first-order chi connectivity index (χ1) is 14.8. The highest BCUT2D eigenvalue weighted by Gasteiger charge is 2.29. The zero-order chi connectivity index (χ0) is 22.0. The van der Waals surface area contributed by atoms with Gasteiger partial charge in [0, 0.05) is 37.8 Å².